The Kier molecular flexibility index (Phi) is 2.92. The molecule has 84 valence electrons. The van der Waals surface area contributed by atoms with Crippen molar-refractivity contribution in [2.24, 2.45) is 0 Å². The van der Waals surface area contributed by atoms with Gasteiger partial charge in [0, 0.05) is 11.5 Å². The van der Waals surface area contributed by atoms with E-state index in [4.69, 9.17) is 14.3 Å². The molecule has 0 radical (unpaired) electrons. The highest BCUT2D eigenvalue weighted by Gasteiger charge is 2.06. The molecule has 2 aromatic rings. The minimum atomic E-state index is -0.458. The van der Waals surface area contributed by atoms with Crippen LogP contribution in [0, 0.1) is 0 Å². The summed E-state index contributed by atoms with van der Waals surface area (Å²) in [6, 6.07) is 6.45. The van der Waals surface area contributed by atoms with E-state index in [0.29, 0.717) is 28.9 Å². The lowest BCUT2D eigenvalue weighted by Gasteiger charge is -2.06. The van der Waals surface area contributed by atoms with Gasteiger partial charge < -0.3 is 14.3 Å². The monoisotopic (exact) mass is 220 g/mol. The molecule has 16 heavy (non-hydrogen) atoms. The van der Waals surface area contributed by atoms with Gasteiger partial charge in [0.1, 0.15) is 11.3 Å². The molecule has 0 atom stereocenters. The fourth-order valence-corrected chi connectivity index (χ4v) is 1.59. The Morgan fingerprint density at radius 1 is 1.38 bits per heavy atom. The van der Waals surface area contributed by atoms with Gasteiger partial charge in [0.15, 0.2) is 0 Å². The number of rotatable bonds is 3. The quantitative estimate of drug-likeness (QED) is 0.799. The fraction of sp³-hybridized carbons (Fsp3) is 0.250. The standard InChI is InChI=1S/C12H12O4/c1-2-15-9-3-4-11-10(6-9)8(7-13)5-12(14)16-11/h3-6,13H,2,7H2,1H3. The van der Waals surface area contributed by atoms with Crippen molar-refractivity contribution in [2.75, 3.05) is 6.61 Å². The lowest BCUT2D eigenvalue weighted by atomic mass is 10.1. The van der Waals surface area contributed by atoms with Crippen molar-refractivity contribution >= 4 is 11.0 Å². The Balaban J connectivity index is 2.66. The van der Waals surface area contributed by atoms with Gasteiger partial charge in [0.05, 0.1) is 13.2 Å². The molecule has 0 fully saturated rings. The first-order valence-electron chi connectivity index (χ1n) is 5.05. The summed E-state index contributed by atoms with van der Waals surface area (Å²) in [6.07, 6.45) is 0. The highest BCUT2D eigenvalue weighted by atomic mass is 16.5. The number of benzene rings is 1. The molecular formula is C12H12O4. The Morgan fingerprint density at radius 3 is 2.88 bits per heavy atom. The minimum absolute atomic E-state index is 0.197. The highest BCUT2D eigenvalue weighted by molar-refractivity contribution is 5.81. The molecule has 0 unspecified atom stereocenters. The van der Waals surface area contributed by atoms with Gasteiger partial charge in [-0.3, -0.25) is 0 Å². The molecule has 4 nitrogen and oxygen atoms in total. The van der Waals surface area contributed by atoms with Crippen molar-refractivity contribution in [2.45, 2.75) is 13.5 Å². The van der Waals surface area contributed by atoms with Crippen molar-refractivity contribution < 1.29 is 14.3 Å². The van der Waals surface area contributed by atoms with Crippen molar-refractivity contribution in [3.8, 4) is 5.75 Å². The second-order valence-electron chi connectivity index (χ2n) is 3.34. The third kappa shape index (κ3) is 1.92. The predicted molar refractivity (Wildman–Crippen MR) is 59.6 cm³/mol. The van der Waals surface area contributed by atoms with Gasteiger partial charge >= 0.3 is 5.63 Å². The molecular weight excluding hydrogens is 208 g/mol. The summed E-state index contributed by atoms with van der Waals surface area (Å²) in [7, 11) is 0. The first-order chi connectivity index (χ1) is 7.74. The van der Waals surface area contributed by atoms with E-state index in [2.05, 4.69) is 0 Å². The number of fused-ring (bicyclic) bond motifs is 1. The Morgan fingerprint density at radius 2 is 2.19 bits per heavy atom. The molecule has 0 aliphatic carbocycles. The second kappa shape index (κ2) is 4.37. The van der Waals surface area contributed by atoms with E-state index >= 15 is 0 Å². The van der Waals surface area contributed by atoms with Crippen LogP contribution in [-0.4, -0.2) is 11.7 Å². The van der Waals surface area contributed by atoms with Crippen molar-refractivity contribution in [3.63, 3.8) is 0 Å². The van der Waals surface area contributed by atoms with E-state index in [1.54, 1.807) is 18.2 Å². The van der Waals surface area contributed by atoms with E-state index in [-0.39, 0.29) is 6.61 Å². The van der Waals surface area contributed by atoms with Crippen LogP contribution in [0.2, 0.25) is 0 Å². The number of hydrogen-bond acceptors (Lipinski definition) is 4. The third-order valence-electron chi connectivity index (χ3n) is 2.28. The molecule has 1 aromatic heterocycles. The summed E-state index contributed by atoms with van der Waals surface area (Å²) < 4.78 is 10.4. The molecule has 0 amide bonds. The van der Waals surface area contributed by atoms with Crippen LogP contribution < -0.4 is 10.4 Å². The molecule has 0 saturated heterocycles. The Hall–Kier alpha value is -1.81. The molecule has 1 heterocycles. The van der Waals surface area contributed by atoms with Crippen molar-refractivity contribution in [3.05, 3.63) is 40.2 Å². The van der Waals surface area contributed by atoms with Gasteiger partial charge in [-0.05, 0) is 30.7 Å². The van der Waals surface area contributed by atoms with Crippen LogP contribution in [0.4, 0.5) is 0 Å². The molecule has 2 rings (SSSR count). The van der Waals surface area contributed by atoms with E-state index in [9.17, 15) is 4.79 Å². The molecule has 1 aromatic carbocycles. The van der Waals surface area contributed by atoms with Crippen LogP contribution in [0.25, 0.3) is 11.0 Å². The highest BCUT2D eigenvalue weighted by Crippen LogP contribution is 2.22. The van der Waals surface area contributed by atoms with Crippen LogP contribution in [0.15, 0.2) is 33.5 Å². The molecule has 0 bridgehead atoms. The Bertz CT molecular complexity index is 556. The van der Waals surface area contributed by atoms with E-state index in [1.165, 1.54) is 6.07 Å². The maximum absolute atomic E-state index is 11.2. The lowest BCUT2D eigenvalue weighted by Crippen LogP contribution is -2.01. The smallest absolute Gasteiger partial charge is 0.336 e. The van der Waals surface area contributed by atoms with Gasteiger partial charge in [-0.1, -0.05) is 0 Å². The average molecular weight is 220 g/mol. The molecule has 0 aliphatic rings. The molecule has 1 N–H and O–H groups in total. The summed E-state index contributed by atoms with van der Waals surface area (Å²) in [4.78, 5) is 11.2. The number of aliphatic hydroxyl groups excluding tert-OH is 1. The zero-order valence-electron chi connectivity index (χ0n) is 8.90. The normalized spacial score (nSPS) is 10.6. The van der Waals surface area contributed by atoms with Gasteiger partial charge in [-0.15, -0.1) is 0 Å². The second-order valence-corrected chi connectivity index (χ2v) is 3.34. The fourth-order valence-electron chi connectivity index (χ4n) is 1.59. The number of aliphatic hydroxyl groups is 1. The first-order valence-corrected chi connectivity index (χ1v) is 5.05. The third-order valence-corrected chi connectivity index (χ3v) is 2.28. The van der Waals surface area contributed by atoms with Crippen LogP contribution in [0.5, 0.6) is 5.75 Å². The van der Waals surface area contributed by atoms with E-state index < -0.39 is 5.63 Å². The number of ether oxygens (including phenoxy) is 1. The summed E-state index contributed by atoms with van der Waals surface area (Å²) in [5, 5.41) is 9.86. The minimum Gasteiger partial charge on any atom is -0.494 e. The van der Waals surface area contributed by atoms with Crippen molar-refractivity contribution in [1.29, 1.82) is 0 Å². The molecule has 0 aliphatic heterocycles. The van der Waals surface area contributed by atoms with Gasteiger partial charge in [-0.25, -0.2) is 4.79 Å². The largest absolute Gasteiger partial charge is 0.494 e. The van der Waals surface area contributed by atoms with E-state index in [1.807, 2.05) is 6.92 Å². The Labute approximate surface area is 92.1 Å². The maximum atomic E-state index is 11.2. The SMILES string of the molecule is CCOc1ccc2oc(=O)cc(CO)c2c1. The lowest BCUT2D eigenvalue weighted by molar-refractivity contribution is 0.282. The number of hydrogen-bond donors (Lipinski definition) is 1. The van der Waals surface area contributed by atoms with Crippen LogP contribution in [-0.2, 0) is 6.61 Å². The average Bonchev–Trinajstić information content (AvgIpc) is 2.29. The summed E-state index contributed by atoms with van der Waals surface area (Å²) in [5.74, 6) is 0.693. The van der Waals surface area contributed by atoms with Gasteiger partial charge in [-0.2, -0.15) is 0 Å². The summed E-state index contributed by atoms with van der Waals surface area (Å²) >= 11 is 0. The summed E-state index contributed by atoms with van der Waals surface area (Å²) in [5.41, 5.74) is 0.550. The van der Waals surface area contributed by atoms with Gasteiger partial charge in [0.2, 0.25) is 0 Å². The topological polar surface area (TPSA) is 59.7 Å². The van der Waals surface area contributed by atoms with Crippen LogP contribution >= 0.6 is 0 Å². The zero-order valence-corrected chi connectivity index (χ0v) is 8.90. The van der Waals surface area contributed by atoms with Crippen LogP contribution in [0.3, 0.4) is 0 Å². The first kappa shape index (κ1) is 10.7. The molecule has 4 heteroatoms. The molecule has 0 spiro atoms. The van der Waals surface area contributed by atoms with Crippen molar-refractivity contribution in [1.82, 2.24) is 0 Å². The van der Waals surface area contributed by atoms with Gasteiger partial charge in [0.25, 0.3) is 0 Å². The zero-order chi connectivity index (χ0) is 11.5. The van der Waals surface area contributed by atoms with Crippen LogP contribution in [0.1, 0.15) is 12.5 Å². The maximum Gasteiger partial charge on any atom is 0.336 e. The molecule has 0 saturated carbocycles. The predicted octanol–water partition coefficient (Wildman–Crippen LogP) is 1.68. The van der Waals surface area contributed by atoms with E-state index in [0.717, 1.165) is 0 Å². The summed E-state index contributed by atoms with van der Waals surface area (Å²) in [6.45, 7) is 2.26.